The number of nitriles is 1. The molecular weight excluding hydrogens is 543 g/mol. The summed E-state index contributed by atoms with van der Waals surface area (Å²) in [5, 5.41) is 13.2. The van der Waals surface area contributed by atoms with E-state index in [1.54, 1.807) is 0 Å². The Balaban J connectivity index is 1.73. The summed E-state index contributed by atoms with van der Waals surface area (Å²) in [6, 6.07) is 10.6. The van der Waals surface area contributed by atoms with Crippen molar-refractivity contribution in [3.63, 3.8) is 0 Å². The molecule has 0 fully saturated rings. The van der Waals surface area contributed by atoms with E-state index in [9.17, 15) is 31.2 Å². The number of carbonyl (C=O) groups is 2. The van der Waals surface area contributed by atoms with E-state index in [0.29, 0.717) is 22.3 Å². The van der Waals surface area contributed by atoms with Crippen molar-refractivity contribution in [1.29, 1.82) is 5.26 Å². The molecule has 1 aliphatic heterocycles. The zero-order chi connectivity index (χ0) is 26.3. The molecule has 15 heteroatoms. The quantitative estimate of drug-likeness (QED) is 0.160. The minimum absolute atomic E-state index is 0.0376. The van der Waals surface area contributed by atoms with Crippen LogP contribution >= 0.6 is 22.9 Å². The number of hydrogen-bond donors (Lipinski definition) is 2. The highest BCUT2D eigenvalue weighted by Crippen LogP contribution is 2.41. The number of thiophene rings is 1. The van der Waals surface area contributed by atoms with E-state index >= 15 is 0 Å². The fourth-order valence-corrected chi connectivity index (χ4v) is 5.69. The van der Waals surface area contributed by atoms with Gasteiger partial charge in [0.25, 0.3) is 21.8 Å². The Morgan fingerprint density at radius 2 is 1.69 bits per heavy atom. The van der Waals surface area contributed by atoms with Gasteiger partial charge in [-0.1, -0.05) is 23.7 Å². The average Bonchev–Trinajstić information content (AvgIpc) is 3.36. The van der Waals surface area contributed by atoms with Crippen LogP contribution in [0.1, 0.15) is 26.3 Å². The van der Waals surface area contributed by atoms with Gasteiger partial charge in [-0.25, -0.2) is 4.90 Å². The molecule has 0 atom stereocenters. The number of imide groups is 1. The Morgan fingerprint density at radius 1 is 1.06 bits per heavy atom. The topological polar surface area (TPSA) is 132 Å². The Labute approximate surface area is 210 Å². The van der Waals surface area contributed by atoms with Crippen LogP contribution in [0.4, 0.5) is 24.5 Å². The normalized spacial score (nSPS) is 14.0. The third-order valence-corrected chi connectivity index (χ3v) is 7.76. The van der Waals surface area contributed by atoms with E-state index in [1.165, 1.54) is 42.6 Å². The minimum atomic E-state index is -5.01. The van der Waals surface area contributed by atoms with Crippen LogP contribution in [-0.2, 0) is 16.2 Å². The van der Waals surface area contributed by atoms with Gasteiger partial charge in [-0.15, -0.1) is 15.7 Å². The van der Waals surface area contributed by atoms with Gasteiger partial charge in [-0.05, 0) is 42.5 Å². The summed E-state index contributed by atoms with van der Waals surface area (Å²) < 4.78 is 70.1. The maximum Gasteiger partial charge on any atom is 0.418 e. The van der Waals surface area contributed by atoms with E-state index in [4.69, 9.17) is 16.9 Å². The van der Waals surface area contributed by atoms with E-state index < -0.39 is 45.2 Å². The third-order valence-electron chi connectivity index (χ3n) is 4.79. The zero-order valence-corrected chi connectivity index (χ0v) is 19.9. The number of hydrogen-bond acceptors (Lipinski definition) is 6. The fourth-order valence-electron chi connectivity index (χ4n) is 3.31. The van der Waals surface area contributed by atoms with Crippen molar-refractivity contribution in [2.24, 2.45) is 4.40 Å². The number of nitrogens with one attached hydrogen (secondary N) is 2. The number of rotatable bonds is 4. The molecule has 184 valence electrons. The summed E-state index contributed by atoms with van der Waals surface area (Å²) in [6.07, 6.45) is -3.57. The van der Waals surface area contributed by atoms with Gasteiger partial charge in [0.1, 0.15) is 4.21 Å². The highest BCUT2D eigenvalue weighted by atomic mass is 35.5. The molecule has 0 radical (unpaired) electrons. The number of anilines is 2. The average molecular weight is 554 g/mol. The second-order valence-corrected chi connectivity index (χ2v) is 10.6. The SMILES string of the molecule is N#CN/C(=N\S(=O)(=O)c1ccc(Cl)s1)Nc1ccc(N2C(=O)c3ccccc3C2=O)c(C(F)(F)F)c1. The van der Waals surface area contributed by atoms with Crippen LogP contribution in [-0.4, -0.2) is 26.2 Å². The second kappa shape index (κ2) is 9.26. The van der Waals surface area contributed by atoms with Crippen LogP contribution < -0.4 is 15.5 Å². The highest BCUT2D eigenvalue weighted by Gasteiger charge is 2.42. The zero-order valence-electron chi connectivity index (χ0n) is 17.5. The lowest BCUT2D eigenvalue weighted by Crippen LogP contribution is -2.32. The molecule has 2 N–H and O–H groups in total. The number of sulfonamides is 1. The third kappa shape index (κ3) is 4.76. The first-order chi connectivity index (χ1) is 16.9. The van der Waals surface area contributed by atoms with E-state index in [1.807, 2.05) is 5.32 Å². The molecule has 0 bridgehead atoms. The lowest BCUT2D eigenvalue weighted by Gasteiger charge is -2.21. The van der Waals surface area contributed by atoms with Gasteiger partial charge < -0.3 is 5.32 Å². The molecule has 1 aromatic heterocycles. The summed E-state index contributed by atoms with van der Waals surface area (Å²) >= 11 is 6.43. The Hall–Kier alpha value is -3.93. The summed E-state index contributed by atoms with van der Waals surface area (Å²) in [4.78, 5) is 25.8. The van der Waals surface area contributed by atoms with Crippen LogP contribution in [0.15, 0.2) is 63.2 Å². The first kappa shape index (κ1) is 25.2. The Kier molecular flexibility index (Phi) is 6.48. The standard InChI is InChI=1S/C21H11ClF3N5O4S2/c22-16-7-8-17(35-16)36(33,34)29-20(27-10-26)28-11-5-6-15(14(9-11)21(23,24)25)30-18(31)12-3-1-2-4-13(12)19(30)32/h1-9H,(H2,27,28,29). The number of carbonyl (C=O) groups excluding carboxylic acids is 2. The Morgan fingerprint density at radius 3 is 2.22 bits per heavy atom. The van der Waals surface area contributed by atoms with Crippen molar-refractivity contribution in [3.8, 4) is 6.19 Å². The molecule has 9 nitrogen and oxygen atoms in total. The first-order valence-electron chi connectivity index (χ1n) is 9.64. The van der Waals surface area contributed by atoms with Crippen LogP contribution in [0.3, 0.4) is 0 Å². The predicted molar refractivity (Wildman–Crippen MR) is 125 cm³/mol. The van der Waals surface area contributed by atoms with Crippen molar-refractivity contribution >= 4 is 62.1 Å². The number of alkyl halides is 3. The molecule has 0 spiro atoms. The van der Waals surface area contributed by atoms with Crippen molar-refractivity contribution in [2.45, 2.75) is 10.4 Å². The Bertz CT molecular complexity index is 1540. The van der Waals surface area contributed by atoms with E-state index in [-0.39, 0.29) is 25.4 Å². The van der Waals surface area contributed by atoms with Crippen molar-refractivity contribution in [2.75, 3.05) is 10.2 Å². The van der Waals surface area contributed by atoms with E-state index in [0.717, 1.165) is 12.1 Å². The summed E-state index contributed by atoms with van der Waals surface area (Å²) in [5.41, 5.74) is -2.48. The van der Waals surface area contributed by atoms with Crippen molar-refractivity contribution in [1.82, 2.24) is 5.32 Å². The van der Waals surface area contributed by atoms with Gasteiger partial charge in [0.05, 0.1) is 26.7 Å². The lowest BCUT2D eigenvalue weighted by atomic mass is 10.1. The molecule has 4 rings (SSSR count). The second-order valence-electron chi connectivity index (χ2n) is 7.06. The number of amides is 2. The van der Waals surface area contributed by atoms with Crippen molar-refractivity contribution in [3.05, 3.63) is 75.6 Å². The molecule has 2 heterocycles. The molecule has 0 unspecified atom stereocenters. The molecule has 3 aromatic rings. The van der Waals surface area contributed by atoms with Gasteiger partial charge in [0, 0.05) is 5.69 Å². The molecular formula is C21H11ClF3N5O4S2. The molecule has 36 heavy (non-hydrogen) atoms. The van der Waals surface area contributed by atoms with Crippen LogP contribution in [0.5, 0.6) is 0 Å². The predicted octanol–water partition coefficient (Wildman–Crippen LogP) is 4.45. The smallest absolute Gasteiger partial charge is 0.325 e. The lowest BCUT2D eigenvalue weighted by molar-refractivity contribution is -0.137. The number of benzene rings is 2. The van der Waals surface area contributed by atoms with Gasteiger partial charge in [-0.3, -0.25) is 14.9 Å². The molecule has 2 amide bonds. The van der Waals surface area contributed by atoms with E-state index in [2.05, 4.69) is 9.71 Å². The summed E-state index contributed by atoms with van der Waals surface area (Å²) in [5.74, 6) is -2.53. The maximum absolute atomic E-state index is 14.0. The van der Waals surface area contributed by atoms with Crippen LogP contribution in [0.25, 0.3) is 0 Å². The van der Waals surface area contributed by atoms with Gasteiger partial charge in [0.15, 0.2) is 6.19 Å². The molecule has 0 saturated carbocycles. The monoisotopic (exact) mass is 553 g/mol. The van der Waals surface area contributed by atoms with Gasteiger partial charge >= 0.3 is 6.18 Å². The summed E-state index contributed by atoms with van der Waals surface area (Å²) in [6.45, 7) is 0. The first-order valence-corrected chi connectivity index (χ1v) is 12.3. The van der Waals surface area contributed by atoms with Gasteiger partial charge in [-0.2, -0.15) is 26.9 Å². The van der Waals surface area contributed by atoms with Crippen LogP contribution in [0, 0.1) is 11.5 Å². The number of nitrogens with zero attached hydrogens (tertiary/aromatic N) is 3. The molecule has 1 aliphatic rings. The molecule has 0 aliphatic carbocycles. The van der Waals surface area contributed by atoms with Gasteiger partial charge in [0.2, 0.25) is 5.96 Å². The number of guanidine groups is 1. The largest absolute Gasteiger partial charge is 0.418 e. The maximum atomic E-state index is 14.0. The molecule has 0 saturated heterocycles. The summed E-state index contributed by atoms with van der Waals surface area (Å²) in [7, 11) is -4.36. The fraction of sp³-hybridized carbons (Fsp3) is 0.0476. The van der Waals surface area contributed by atoms with Crippen molar-refractivity contribution < 1.29 is 31.2 Å². The van der Waals surface area contributed by atoms with Crippen LogP contribution in [0.2, 0.25) is 4.34 Å². The highest BCUT2D eigenvalue weighted by molar-refractivity contribution is 7.92. The minimum Gasteiger partial charge on any atom is -0.325 e. The number of fused-ring (bicyclic) bond motifs is 1. The number of halogens is 4. The molecule has 2 aromatic carbocycles.